The van der Waals surface area contributed by atoms with Gasteiger partial charge < -0.3 is 18.7 Å². The summed E-state index contributed by atoms with van der Waals surface area (Å²) in [4.78, 5) is 6.70. The Bertz CT molecular complexity index is 689. The lowest BCUT2D eigenvalue weighted by Gasteiger charge is -2.14. The van der Waals surface area contributed by atoms with Crippen LogP contribution in [0, 0.1) is 5.92 Å². The van der Waals surface area contributed by atoms with Crippen LogP contribution in [0.2, 0.25) is 0 Å². The summed E-state index contributed by atoms with van der Waals surface area (Å²) in [5, 5.41) is 3.91. The highest BCUT2D eigenvalue weighted by atomic mass is 16.5. The third-order valence-electron chi connectivity index (χ3n) is 4.48. The van der Waals surface area contributed by atoms with Crippen molar-refractivity contribution in [3.8, 4) is 11.5 Å². The van der Waals surface area contributed by atoms with Gasteiger partial charge in [0.1, 0.15) is 6.61 Å². The Balaban J connectivity index is 1.54. The predicted octanol–water partition coefficient (Wildman–Crippen LogP) is 2.30. The molecule has 0 amide bonds. The van der Waals surface area contributed by atoms with E-state index in [1.54, 1.807) is 21.3 Å². The van der Waals surface area contributed by atoms with Gasteiger partial charge in [-0.2, -0.15) is 4.98 Å². The van der Waals surface area contributed by atoms with Crippen molar-refractivity contribution in [2.45, 2.75) is 26.0 Å². The van der Waals surface area contributed by atoms with E-state index < -0.39 is 0 Å². The highest BCUT2D eigenvalue weighted by Crippen LogP contribution is 2.30. The van der Waals surface area contributed by atoms with Crippen LogP contribution in [0.25, 0.3) is 0 Å². The van der Waals surface area contributed by atoms with Gasteiger partial charge in [0.15, 0.2) is 17.3 Å². The molecule has 7 nitrogen and oxygen atoms in total. The predicted molar refractivity (Wildman–Crippen MR) is 91.6 cm³/mol. The topological polar surface area (TPSA) is 69.9 Å². The molecular formula is C18H25N3O4. The zero-order valence-corrected chi connectivity index (χ0v) is 15.0. The molecule has 3 rings (SSSR count). The van der Waals surface area contributed by atoms with E-state index in [0.29, 0.717) is 30.8 Å². The first-order valence-corrected chi connectivity index (χ1v) is 8.45. The summed E-state index contributed by atoms with van der Waals surface area (Å²) in [5.41, 5.74) is 1.27. The monoisotopic (exact) mass is 347 g/mol. The van der Waals surface area contributed by atoms with Gasteiger partial charge in [-0.15, -0.1) is 0 Å². The summed E-state index contributed by atoms with van der Waals surface area (Å²) in [7, 11) is 4.94. The largest absolute Gasteiger partial charge is 0.493 e. The van der Waals surface area contributed by atoms with Crippen LogP contribution in [-0.4, -0.2) is 49.5 Å². The number of hydrogen-bond acceptors (Lipinski definition) is 7. The minimum absolute atomic E-state index is 0.380. The molecule has 2 heterocycles. The molecule has 2 aromatic rings. The molecule has 0 N–H and O–H groups in total. The van der Waals surface area contributed by atoms with Crippen molar-refractivity contribution in [1.29, 1.82) is 0 Å². The lowest BCUT2D eigenvalue weighted by Crippen LogP contribution is -2.20. The molecule has 1 unspecified atom stereocenters. The molecule has 0 bridgehead atoms. The average Bonchev–Trinajstić information content (AvgIpc) is 3.25. The summed E-state index contributed by atoms with van der Waals surface area (Å²) in [6.45, 7) is 3.14. The molecule has 1 atom stereocenters. The third-order valence-corrected chi connectivity index (χ3v) is 4.48. The van der Waals surface area contributed by atoms with E-state index in [2.05, 4.69) is 27.2 Å². The lowest BCUT2D eigenvalue weighted by molar-refractivity contribution is 0.174. The van der Waals surface area contributed by atoms with Gasteiger partial charge in [-0.05, 0) is 43.0 Å². The SMILES string of the molecule is COCc1noc(CN2CCC(Cc3ccc(OC)c(OC)c3)C2)n1. The smallest absolute Gasteiger partial charge is 0.240 e. The first-order valence-electron chi connectivity index (χ1n) is 8.45. The number of methoxy groups -OCH3 is 3. The molecule has 7 heteroatoms. The van der Waals surface area contributed by atoms with Crippen LogP contribution in [0.3, 0.4) is 0 Å². The number of hydrogen-bond donors (Lipinski definition) is 0. The molecule has 1 fully saturated rings. The summed E-state index contributed by atoms with van der Waals surface area (Å²) >= 11 is 0. The Hall–Kier alpha value is -2.12. The second kappa shape index (κ2) is 8.31. The molecule has 1 aliphatic rings. The summed E-state index contributed by atoms with van der Waals surface area (Å²) in [6, 6.07) is 6.15. The van der Waals surface area contributed by atoms with Crippen molar-refractivity contribution in [2.75, 3.05) is 34.4 Å². The fraction of sp³-hybridized carbons (Fsp3) is 0.556. The molecule has 136 valence electrons. The number of benzene rings is 1. The van der Waals surface area contributed by atoms with Crippen molar-refractivity contribution < 1.29 is 18.7 Å². The highest BCUT2D eigenvalue weighted by Gasteiger charge is 2.24. The molecule has 1 saturated heterocycles. The standard InChI is InChI=1S/C18H25N3O4/c1-22-12-17-19-18(25-20-17)11-21-7-6-14(10-21)8-13-4-5-15(23-2)16(9-13)24-3/h4-5,9,14H,6-8,10-12H2,1-3H3. The van der Waals surface area contributed by atoms with Crippen molar-refractivity contribution >= 4 is 0 Å². The molecule has 25 heavy (non-hydrogen) atoms. The Morgan fingerprint density at radius 1 is 1.20 bits per heavy atom. The highest BCUT2D eigenvalue weighted by molar-refractivity contribution is 5.43. The zero-order chi connectivity index (χ0) is 17.6. The number of nitrogens with zero attached hydrogens (tertiary/aromatic N) is 3. The third kappa shape index (κ3) is 4.49. The zero-order valence-electron chi connectivity index (χ0n) is 15.0. The fourth-order valence-electron chi connectivity index (χ4n) is 3.30. The molecule has 0 saturated carbocycles. The maximum Gasteiger partial charge on any atom is 0.240 e. The van der Waals surface area contributed by atoms with Gasteiger partial charge in [-0.25, -0.2) is 0 Å². The van der Waals surface area contributed by atoms with Gasteiger partial charge in [0.2, 0.25) is 5.89 Å². The van der Waals surface area contributed by atoms with E-state index in [1.807, 2.05) is 6.07 Å². The van der Waals surface area contributed by atoms with E-state index in [9.17, 15) is 0 Å². The van der Waals surface area contributed by atoms with Crippen LogP contribution in [0.5, 0.6) is 11.5 Å². The first-order chi connectivity index (χ1) is 12.2. The lowest BCUT2D eigenvalue weighted by atomic mass is 9.98. The van der Waals surface area contributed by atoms with Crippen molar-refractivity contribution in [3.05, 3.63) is 35.5 Å². The molecule has 0 spiro atoms. The second-order valence-electron chi connectivity index (χ2n) is 6.32. The number of rotatable bonds is 8. The van der Waals surface area contributed by atoms with E-state index >= 15 is 0 Å². The number of likely N-dealkylation sites (tertiary alicyclic amines) is 1. The van der Waals surface area contributed by atoms with E-state index in [-0.39, 0.29) is 0 Å². The average molecular weight is 347 g/mol. The summed E-state index contributed by atoms with van der Waals surface area (Å²) < 4.78 is 21.0. The van der Waals surface area contributed by atoms with E-state index in [4.69, 9.17) is 18.7 Å². The second-order valence-corrected chi connectivity index (χ2v) is 6.32. The molecule has 1 aliphatic heterocycles. The van der Waals surface area contributed by atoms with Crippen LogP contribution in [0.1, 0.15) is 23.7 Å². The van der Waals surface area contributed by atoms with Gasteiger partial charge in [-0.1, -0.05) is 11.2 Å². The molecular weight excluding hydrogens is 322 g/mol. The van der Waals surface area contributed by atoms with Gasteiger partial charge in [0.05, 0.1) is 20.8 Å². The molecule has 1 aromatic heterocycles. The maximum atomic E-state index is 5.39. The van der Waals surface area contributed by atoms with Gasteiger partial charge in [-0.3, -0.25) is 4.90 Å². The van der Waals surface area contributed by atoms with E-state index in [0.717, 1.165) is 37.4 Å². The fourth-order valence-corrected chi connectivity index (χ4v) is 3.30. The Morgan fingerprint density at radius 2 is 2.04 bits per heavy atom. The van der Waals surface area contributed by atoms with Crippen LogP contribution >= 0.6 is 0 Å². The van der Waals surface area contributed by atoms with Crippen LogP contribution < -0.4 is 9.47 Å². The molecule has 1 aromatic carbocycles. The van der Waals surface area contributed by atoms with Gasteiger partial charge in [0, 0.05) is 13.7 Å². The normalized spacial score (nSPS) is 17.8. The first kappa shape index (κ1) is 17.7. The molecule has 0 radical (unpaired) electrons. The number of ether oxygens (including phenoxy) is 3. The van der Waals surface area contributed by atoms with Crippen molar-refractivity contribution in [1.82, 2.24) is 15.0 Å². The summed E-state index contributed by atoms with van der Waals surface area (Å²) in [5.74, 6) is 3.41. The quantitative estimate of drug-likeness (QED) is 0.725. The Kier molecular flexibility index (Phi) is 5.88. The maximum absolute atomic E-state index is 5.39. The Labute approximate surface area is 147 Å². The van der Waals surface area contributed by atoms with E-state index in [1.165, 1.54) is 5.56 Å². The Morgan fingerprint density at radius 3 is 2.80 bits per heavy atom. The van der Waals surface area contributed by atoms with Crippen LogP contribution in [0.15, 0.2) is 22.7 Å². The summed E-state index contributed by atoms with van der Waals surface area (Å²) in [6.07, 6.45) is 2.18. The van der Waals surface area contributed by atoms with Crippen LogP contribution in [-0.2, 0) is 24.3 Å². The minimum atomic E-state index is 0.380. The van der Waals surface area contributed by atoms with Crippen molar-refractivity contribution in [2.24, 2.45) is 5.92 Å². The van der Waals surface area contributed by atoms with Crippen LogP contribution in [0.4, 0.5) is 0 Å². The minimum Gasteiger partial charge on any atom is -0.493 e. The van der Waals surface area contributed by atoms with Gasteiger partial charge >= 0.3 is 0 Å². The van der Waals surface area contributed by atoms with Crippen molar-refractivity contribution in [3.63, 3.8) is 0 Å². The van der Waals surface area contributed by atoms with Gasteiger partial charge in [0.25, 0.3) is 0 Å². The number of aromatic nitrogens is 2. The molecule has 0 aliphatic carbocycles.